The van der Waals surface area contributed by atoms with Crippen molar-refractivity contribution < 1.29 is 56.2 Å². The Hall–Kier alpha value is -8.59. The molecule has 2 heterocycles. The molecular formula is C42H30N10O12S3. The first-order chi connectivity index (χ1) is 31.8. The molecule has 25 heteroatoms. The monoisotopic (exact) mass is 962 g/mol. The van der Waals surface area contributed by atoms with E-state index in [-0.39, 0.29) is 89.2 Å². The minimum absolute atomic E-state index is 0.00292. The van der Waals surface area contributed by atoms with Crippen LogP contribution in [0.3, 0.4) is 0 Å². The van der Waals surface area contributed by atoms with Gasteiger partial charge >= 0.3 is 17.9 Å². The molecule has 2 aromatic heterocycles. The highest BCUT2D eigenvalue weighted by atomic mass is 32.2. The van der Waals surface area contributed by atoms with Gasteiger partial charge in [0, 0.05) is 34.6 Å². The van der Waals surface area contributed by atoms with Crippen LogP contribution in [0.2, 0.25) is 0 Å². The van der Waals surface area contributed by atoms with E-state index in [0.717, 1.165) is 41.7 Å². The summed E-state index contributed by atoms with van der Waals surface area (Å²) in [5, 5.41) is 74.7. The number of nitriles is 2. The van der Waals surface area contributed by atoms with E-state index in [4.69, 9.17) is 5.11 Å². The molecule has 0 saturated heterocycles. The highest BCUT2D eigenvalue weighted by molar-refractivity contribution is 7.85. The van der Waals surface area contributed by atoms with Gasteiger partial charge in [0.25, 0.3) is 10.1 Å². The number of azo groups is 2. The van der Waals surface area contributed by atoms with Gasteiger partial charge in [-0.05, 0) is 79.2 Å². The van der Waals surface area contributed by atoms with Gasteiger partial charge in [0.05, 0.1) is 38.6 Å². The summed E-state index contributed by atoms with van der Waals surface area (Å²) in [6.45, 7) is 1.48. The SMILES string of the molecule is Cc1c(C#N)c(Nc2cccc(S(=O)(=O)O)c2)nc(Nc2cccc(S(=O)O)c2)c1N=Nc1sc(N=Nc2cc(C(=O)O)cc(C(=O)O)c2)c(-c2cccc(NC(=O)CCC(=O)O)c2)c1C#N. The van der Waals surface area contributed by atoms with Crippen LogP contribution in [0.1, 0.15) is 50.2 Å². The lowest BCUT2D eigenvalue weighted by atomic mass is 10.0. The first-order valence-electron chi connectivity index (χ1n) is 18.8. The van der Waals surface area contributed by atoms with Gasteiger partial charge in [0.15, 0.2) is 27.7 Å². The van der Waals surface area contributed by atoms with Crippen molar-refractivity contribution in [2.45, 2.75) is 29.6 Å². The van der Waals surface area contributed by atoms with Gasteiger partial charge < -0.3 is 35.8 Å². The normalized spacial score (nSPS) is 11.7. The van der Waals surface area contributed by atoms with Crippen molar-refractivity contribution in [3.63, 3.8) is 0 Å². The molecule has 1 unspecified atom stereocenters. The third-order valence-electron chi connectivity index (χ3n) is 9.11. The number of hydrogen-bond acceptors (Lipinski definition) is 17. The number of carboxylic acid groups (broad SMARTS) is 3. The van der Waals surface area contributed by atoms with Gasteiger partial charge in [-0.2, -0.15) is 18.9 Å². The fraction of sp³-hybridized carbons (Fsp3) is 0.0714. The van der Waals surface area contributed by atoms with E-state index in [1.165, 1.54) is 61.5 Å². The van der Waals surface area contributed by atoms with Gasteiger partial charge in [-0.3, -0.25) is 14.1 Å². The summed E-state index contributed by atoms with van der Waals surface area (Å²) in [6, 6.07) is 23.9. The van der Waals surface area contributed by atoms with Gasteiger partial charge in [-0.15, -0.1) is 20.5 Å². The predicted octanol–water partition coefficient (Wildman–Crippen LogP) is 9.21. The number of aliphatic carboxylic acids is 1. The zero-order valence-corrected chi connectivity index (χ0v) is 36.5. The van der Waals surface area contributed by atoms with Crippen molar-refractivity contribution in [3.8, 4) is 23.3 Å². The Balaban J connectivity index is 1.53. The van der Waals surface area contributed by atoms with Crippen molar-refractivity contribution in [1.29, 1.82) is 10.5 Å². The van der Waals surface area contributed by atoms with Crippen LogP contribution in [0, 0.1) is 29.6 Å². The number of anilines is 5. The van der Waals surface area contributed by atoms with Crippen LogP contribution in [-0.4, -0.2) is 65.9 Å². The summed E-state index contributed by atoms with van der Waals surface area (Å²) >= 11 is -1.64. The van der Waals surface area contributed by atoms with E-state index >= 15 is 0 Å². The van der Waals surface area contributed by atoms with Crippen molar-refractivity contribution in [2.75, 3.05) is 16.0 Å². The molecular weight excluding hydrogens is 933 g/mol. The van der Waals surface area contributed by atoms with E-state index in [0.29, 0.717) is 0 Å². The van der Waals surface area contributed by atoms with Gasteiger partial charge in [-0.25, -0.2) is 18.8 Å². The van der Waals surface area contributed by atoms with Gasteiger partial charge in [0.2, 0.25) is 5.91 Å². The minimum atomic E-state index is -4.63. The smallest absolute Gasteiger partial charge is 0.335 e. The molecule has 22 nitrogen and oxygen atoms in total. The maximum Gasteiger partial charge on any atom is 0.335 e. The Morgan fingerprint density at radius 3 is 1.99 bits per heavy atom. The number of carboxylic acids is 3. The molecule has 4 aromatic carbocycles. The van der Waals surface area contributed by atoms with Crippen molar-refractivity contribution in [1.82, 2.24) is 4.98 Å². The molecule has 0 bridgehead atoms. The summed E-state index contributed by atoms with van der Waals surface area (Å²) in [6.07, 6.45) is -0.787. The Morgan fingerprint density at radius 1 is 0.746 bits per heavy atom. The molecule has 1 amide bonds. The zero-order chi connectivity index (χ0) is 48.6. The molecule has 1 atom stereocenters. The summed E-state index contributed by atoms with van der Waals surface area (Å²) in [5.41, 5.74) is -0.389. The van der Waals surface area contributed by atoms with E-state index in [2.05, 4.69) is 47.5 Å². The molecule has 67 heavy (non-hydrogen) atoms. The maximum atomic E-state index is 12.6. The number of amides is 1. The second kappa shape index (κ2) is 20.5. The number of carbonyl (C=O) groups is 4. The summed E-state index contributed by atoms with van der Waals surface area (Å²) < 4.78 is 55.1. The molecule has 0 aliphatic heterocycles. The molecule has 0 radical (unpaired) electrons. The Morgan fingerprint density at radius 2 is 1.36 bits per heavy atom. The summed E-state index contributed by atoms with van der Waals surface area (Å²) in [7, 11) is -4.63. The lowest BCUT2D eigenvalue weighted by molar-refractivity contribution is -0.138. The number of aromatic nitrogens is 1. The van der Waals surface area contributed by atoms with Crippen LogP contribution in [0.15, 0.2) is 121 Å². The number of rotatable bonds is 17. The van der Waals surface area contributed by atoms with E-state index < -0.39 is 67.5 Å². The number of pyridine rings is 1. The molecule has 338 valence electrons. The number of carbonyl (C=O) groups excluding carboxylic acids is 1. The first kappa shape index (κ1) is 47.9. The number of nitrogens with zero attached hydrogens (tertiary/aromatic N) is 7. The Kier molecular flexibility index (Phi) is 14.6. The molecule has 0 aliphatic rings. The number of benzene rings is 4. The van der Waals surface area contributed by atoms with E-state index in [1.807, 2.05) is 6.07 Å². The number of thiophene rings is 1. The molecule has 0 saturated carbocycles. The molecule has 0 aliphatic carbocycles. The lowest BCUT2D eigenvalue weighted by Gasteiger charge is -2.16. The number of hydrogen-bond donors (Lipinski definition) is 8. The first-order valence-corrected chi connectivity index (χ1v) is 22.1. The third kappa shape index (κ3) is 11.8. The minimum Gasteiger partial charge on any atom is -0.481 e. The second-order valence-corrected chi connectivity index (χ2v) is 17.0. The highest BCUT2D eigenvalue weighted by Crippen LogP contribution is 2.49. The quantitative estimate of drug-likeness (QED) is 0.0240. The summed E-state index contributed by atoms with van der Waals surface area (Å²) in [4.78, 5) is 51.3. The topological polar surface area (TPSA) is 367 Å². The van der Waals surface area contributed by atoms with Crippen LogP contribution >= 0.6 is 11.3 Å². The Bertz CT molecular complexity index is 3270. The van der Waals surface area contributed by atoms with Gasteiger partial charge in [-0.1, -0.05) is 35.6 Å². The van der Waals surface area contributed by atoms with Crippen LogP contribution in [-0.2, 0) is 30.8 Å². The van der Waals surface area contributed by atoms with Crippen LogP contribution in [0.5, 0.6) is 0 Å². The van der Waals surface area contributed by atoms with Crippen molar-refractivity contribution in [3.05, 3.63) is 119 Å². The lowest BCUT2D eigenvalue weighted by Crippen LogP contribution is -2.13. The van der Waals surface area contributed by atoms with Crippen molar-refractivity contribution >= 4 is 106 Å². The maximum absolute atomic E-state index is 12.6. The van der Waals surface area contributed by atoms with E-state index in [9.17, 15) is 61.6 Å². The molecule has 8 N–H and O–H groups in total. The average Bonchev–Trinajstić information content (AvgIpc) is 3.64. The predicted molar refractivity (Wildman–Crippen MR) is 241 cm³/mol. The molecule has 6 rings (SSSR count). The number of aromatic carboxylic acids is 2. The fourth-order valence-corrected chi connectivity index (χ4v) is 7.92. The molecule has 6 aromatic rings. The standard InChI is InChI=1S/C42H30N10O12S3/c1-21-31(19-43)37(46-27-8-4-10-30(18-27)67(62,63)64)48-38(47-26-7-3-9-29(17-26)66(60)61)36(21)50-51-39-32(20-44)35(22-5-2-6-25(14-22)45-33(53)11-12-34(54)55)40(65-39)52-49-28-15-23(41(56)57)13-24(16-28)42(58)59/h2-10,13-18H,11-12H2,1H3,(H,45,53)(H,54,55)(H,56,57)(H,58,59)(H,60,61)(H2,46,47,48)(H,62,63,64). The van der Waals surface area contributed by atoms with E-state index in [1.54, 1.807) is 6.07 Å². The van der Waals surface area contributed by atoms with Crippen LogP contribution < -0.4 is 16.0 Å². The van der Waals surface area contributed by atoms with Crippen LogP contribution in [0.4, 0.5) is 50.1 Å². The summed E-state index contributed by atoms with van der Waals surface area (Å²) in [5.74, 6) is -4.94. The Labute approximate surface area is 384 Å². The largest absolute Gasteiger partial charge is 0.481 e. The van der Waals surface area contributed by atoms with Crippen molar-refractivity contribution in [2.24, 2.45) is 20.5 Å². The fourth-order valence-electron chi connectivity index (χ4n) is 6.05. The average molecular weight is 963 g/mol. The third-order valence-corrected chi connectivity index (χ3v) is 11.6. The van der Waals surface area contributed by atoms with Gasteiger partial charge in [0.1, 0.15) is 28.4 Å². The van der Waals surface area contributed by atoms with Crippen LogP contribution in [0.25, 0.3) is 11.1 Å². The highest BCUT2D eigenvalue weighted by Gasteiger charge is 2.24. The number of nitrogens with one attached hydrogen (secondary N) is 3. The molecule has 0 spiro atoms. The zero-order valence-electron chi connectivity index (χ0n) is 34.0. The second-order valence-electron chi connectivity index (χ2n) is 13.7. The molecule has 0 fully saturated rings.